The predicted octanol–water partition coefficient (Wildman–Crippen LogP) is 3.68. The van der Waals surface area contributed by atoms with Crippen molar-refractivity contribution in [3.8, 4) is 11.3 Å². The molecule has 1 aliphatic heterocycles. The lowest BCUT2D eigenvalue weighted by Crippen LogP contribution is -2.54. The predicted molar refractivity (Wildman–Crippen MR) is 104 cm³/mol. The highest BCUT2D eigenvalue weighted by Crippen LogP contribution is 2.58. The second-order valence-corrected chi connectivity index (χ2v) is 8.60. The van der Waals surface area contributed by atoms with Gasteiger partial charge in [-0.2, -0.15) is 5.10 Å². The van der Waals surface area contributed by atoms with Crippen LogP contribution < -0.4 is 0 Å². The minimum atomic E-state index is -0.890. The van der Waals surface area contributed by atoms with E-state index >= 15 is 0 Å². The number of rotatable bonds is 2. The van der Waals surface area contributed by atoms with Crippen molar-refractivity contribution in [3.63, 3.8) is 0 Å². The molecule has 2 aromatic rings. The monoisotopic (exact) mass is 401 g/mol. The number of hydrogen-bond donors (Lipinski definition) is 0. The van der Waals surface area contributed by atoms with Gasteiger partial charge in [0.2, 0.25) is 5.91 Å². The van der Waals surface area contributed by atoms with Crippen LogP contribution in [0.5, 0.6) is 0 Å². The number of benzene rings is 1. The zero-order chi connectivity index (χ0) is 21.0. The zero-order valence-electron chi connectivity index (χ0n) is 17.1. The Morgan fingerprint density at radius 1 is 1.14 bits per heavy atom. The molecule has 4 rings (SSSR count). The Balaban J connectivity index is 1.83. The van der Waals surface area contributed by atoms with Crippen LogP contribution in [0.3, 0.4) is 0 Å². The molecule has 1 saturated heterocycles. The van der Waals surface area contributed by atoms with Crippen molar-refractivity contribution in [1.29, 1.82) is 0 Å². The van der Waals surface area contributed by atoms with Gasteiger partial charge in [0.15, 0.2) is 0 Å². The number of amides is 1. The Morgan fingerprint density at radius 2 is 1.76 bits per heavy atom. The number of fused-ring (bicyclic) bond motifs is 1. The van der Waals surface area contributed by atoms with E-state index < -0.39 is 22.5 Å². The smallest absolute Gasteiger partial charge is 0.235 e. The summed E-state index contributed by atoms with van der Waals surface area (Å²) in [5.41, 5.74) is 0.00855. The van der Waals surface area contributed by atoms with Crippen LogP contribution in [0.4, 0.5) is 8.78 Å². The van der Waals surface area contributed by atoms with Gasteiger partial charge in [-0.1, -0.05) is 26.8 Å². The second-order valence-electron chi connectivity index (χ2n) is 8.60. The van der Waals surface area contributed by atoms with Crippen LogP contribution in [0.2, 0.25) is 0 Å². The SMILES string of the molecule is C[C@@H]1c2cc(-c3c(F)cccc3F)nnc2C(C)(C(=O)N2CCOCC2)C1(C)C. The van der Waals surface area contributed by atoms with Gasteiger partial charge in [-0.05, 0) is 42.0 Å². The molecule has 7 heteroatoms. The van der Waals surface area contributed by atoms with E-state index in [1.54, 1.807) is 6.07 Å². The van der Waals surface area contributed by atoms with Gasteiger partial charge in [-0.3, -0.25) is 4.79 Å². The first kappa shape index (κ1) is 19.9. The molecule has 29 heavy (non-hydrogen) atoms. The summed E-state index contributed by atoms with van der Waals surface area (Å²) in [6.45, 7) is 10.1. The molecule has 1 aromatic heterocycles. The average molecular weight is 401 g/mol. The van der Waals surface area contributed by atoms with E-state index in [9.17, 15) is 13.6 Å². The highest BCUT2D eigenvalue weighted by Gasteiger charge is 2.60. The quantitative estimate of drug-likeness (QED) is 0.770. The molecule has 2 atom stereocenters. The van der Waals surface area contributed by atoms with Crippen molar-refractivity contribution in [2.24, 2.45) is 5.41 Å². The van der Waals surface area contributed by atoms with E-state index in [4.69, 9.17) is 4.74 Å². The zero-order valence-corrected chi connectivity index (χ0v) is 17.1. The molecule has 2 aliphatic rings. The van der Waals surface area contributed by atoms with E-state index in [2.05, 4.69) is 10.2 Å². The summed E-state index contributed by atoms with van der Waals surface area (Å²) in [6.07, 6.45) is 0. The van der Waals surface area contributed by atoms with Crippen LogP contribution in [0.1, 0.15) is 44.9 Å². The number of nitrogens with zero attached hydrogens (tertiary/aromatic N) is 3. The van der Waals surface area contributed by atoms with Gasteiger partial charge in [0, 0.05) is 13.1 Å². The lowest BCUT2D eigenvalue weighted by molar-refractivity contribution is -0.145. The Bertz CT molecular complexity index is 952. The van der Waals surface area contributed by atoms with Crippen LogP contribution >= 0.6 is 0 Å². The minimum Gasteiger partial charge on any atom is -0.378 e. The summed E-state index contributed by atoms with van der Waals surface area (Å²) in [4.78, 5) is 15.4. The molecule has 154 valence electrons. The van der Waals surface area contributed by atoms with Gasteiger partial charge in [0.25, 0.3) is 0 Å². The summed E-state index contributed by atoms with van der Waals surface area (Å²) in [7, 11) is 0. The van der Waals surface area contributed by atoms with Crippen molar-refractivity contribution in [1.82, 2.24) is 15.1 Å². The number of carbonyl (C=O) groups excluding carboxylic acids is 1. The van der Waals surface area contributed by atoms with Crippen LogP contribution in [-0.2, 0) is 14.9 Å². The fraction of sp³-hybridized carbons (Fsp3) is 0.500. The van der Waals surface area contributed by atoms with E-state index in [0.29, 0.717) is 32.0 Å². The van der Waals surface area contributed by atoms with E-state index in [1.165, 1.54) is 18.2 Å². The summed E-state index contributed by atoms with van der Waals surface area (Å²) in [5, 5.41) is 8.51. The number of morpholine rings is 1. The number of hydrogen-bond acceptors (Lipinski definition) is 4. The Morgan fingerprint density at radius 3 is 2.38 bits per heavy atom. The van der Waals surface area contributed by atoms with E-state index in [-0.39, 0.29) is 23.1 Å². The lowest BCUT2D eigenvalue weighted by atomic mass is 9.64. The first-order valence-corrected chi connectivity index (χ1v) is 9.89. The van der Waals surface area contributed by atoms with Crippen molar-refractivity contribution >= 4 is 5.91 Å². The average Bonchev–Trinajstić information content (AvgIpc) is 2.86. The van der Waals surface area contributed by atoms with Gasteiger partial charge in [0.1, 0.15) is 11.6 Å². The fourth-order valence-electron chi connectivity index (χ4n) is 4.58. The van der Waals surface area contributed by atoms with Crippen molar-refractivity contribution < 1.29 is 18.3 Å². The fourth-order valence-corrected chi connectivity index (χ4v) is 4.58. The lowest BCUT2D eigenvalue weighted by Gasteiger charge is -2.43. The van der Waals surface area contributed by atoms with Gasteiger partial charge >= 0.3 is 0 Å². The third-order valence-corrected chi connectivity index (χ3v) is 7.08. The van der Waals surface area contributed by atoms with Crippen LogP contribution in [-0.4, -0.2) is 47.3 Å². The van der Waals surface area contributed by atoms with Crippen molar-refractivity contribution in [2.45, 2.75) is 39.0 Å². The molecule has 0 saturated carbocycles. The maximum absolute atomic E-state index is 14.3. The first-order chi connectivity index (χ1) is 13.7. The van der Waals surface area contributed by atoms with Crippen LogP contribution in [0, 0.1) is 17.0 Å². The molecule has 1 unspecified atom stereocenters. The molecule has 0 N–H and O–H groups in total. The topological polar surface area (TPSA) is 55.3 Å². The second kappa shape index (κ2) is 6.83. The van der Waals surface area contributed by atoms with Gasteiger partial charge in [0.05, 0.1) is 35.6 Å². The largest absolute Gasteiger partial charge is 0.378 e. The maximum atomic E-state index is 14.3. The Labute approximate surface area is 169 Å². The summed E-state index contributed by atoms with van der Waals surface area (Å²) >= 11 is 0. The molecular formula is C22H25F2N3O2. The van der Waals surface area contributed by atoms with Crippen molar-refractivity contribution in [2.75, 3.05) is 26.3 Å². The third-order valence-electron chi connectivity index (χ3n) is 7.08. The Hall–Kier alpha value is -2.41. The number of ether oxygens (including phenoxy) is 1. The van der Waals surface area contributed by atoms with E-state index in [0.717, 1.165) is 5.56 Å². The molecular weight excluding hydrogens is 376 g/mol. The standard InChI is InChI=1S/C22H25F2N3O2/c1-13-14-12-17(18-15(23)6-5-7-16(18)24)25-26-19(14)22(4,21(13,2)3)20(28)27-8-10-29-11-9-27/h5-7,12-13H,8-11H2,1-4H3/t13-,22?/m1/s1. The van der Waals surface area contributed by atoms with Gasteiger partial charge < -0.3 is 9.64 Å². The summed E-state index contributed by atoms with van der Waals surface area (Å²) < 4.78 is 33.9. The molecule has 0 radical (unpaired) electrons. The first-order valence-electron chi connectivity index (χ1n) is 9.89. The third kappa shape index (κ3) is 2.78. The molecule has 1 aromatic carbocycles. The number of carbonyl (C=O) groups is 1. The van der Waals surface area contributed by atoms with Gasteiger partial charge in [-0.15, -0.1) is 5.10 Å². The van der Waals surface area contributed by atoms with Crippen molar-refractivity contribution in [3.05, 3.63) is 47.2 Å². The Kier molecular flexibility index (Phi) is 4.69. The highest BCUT2D eigenvalue weighted by molar-refractivity contribution is 5.90. The number of halogens is 2. The highest BCUT2D eigenvalue weighted by atomic mass is 19.1. The van der Waals surface area contributed by atoms with Gasteiger partial charge in [-0.25, -0.2) is 8.78 Å². The molecule has 0 spiro atoms. The molecule has 1 fully saturated rings. The van der Waals surface area contributed by atoms with E-state index in [1.807, 2.05) is 32.6 Å². The molecule has 1 amide bonds. The molecule has 0 bridgehead atoms. The molecule has 1 aliphatic carbocycles. The summed E-state index contributed by atoms with van der Waals surface area (Å²) in [6, 6.07) is 5.41. The minimum absolute atomic E-state index is 0.00415. The van der Waals surface area contributed by atoms with Crippen LogP contribution in [0.15, 0.2) is 24.3 Å². The van der Waals surface area contributed by atoms with Crippen LogP contribution in [0.25, 0.3) is 11.3 Å². The maximum Gasteiger partial charge on any atom is 0.235 e. The molecule has 2 heterocycles. The normalized spacial score (nSPS) is 25.7. The number of aromatic nitrogens is 2. The molecule has 5 nitrogen and oxygen atoms in total. The summed E-state index contributed by atoms with van der Waals surface area (Å²) in [5.74, 6) is -1.42.